The van der Waals surface area contributed by atoms with Crippen LogP contribution >= 0.6 is 0 Å². The number of nitrogens with one attached hydrogen (secondary N) is 1. The molecule has 1 atom stereocenters. The lowest BCUT2D eigenvalue weighted by atomic mass is 10.1. The molecule has 16 heavy (non-hydrogen) atoms. The van der Waals surface area contributed by atoms with Crippen molar-refractivity contribution in [2.24, 2.45) is 5.92 Å². The van der Waals surface area contributed by atoms with Crippen LogP contribution in [0.3, 0.4) is 0 Å². The maximum Gasteiger partial charge on any atom is 0.227 e. The molecule has 3 heteroatoms. The molecule has 0 radical (unpaired) electrons. The van der Waals surface area contributed by atoms with Crippen LogP contribution in [-0.4, -0.2) is 12.5 Å². The Morgan fingerprint density at radius 1 is 1.31 bits per heavy atom. The number of ether oxygens (including phenoxy) is 1. The first-order valence-electron chi connectivity index (χ1n) is 5.71. The largest absolute Gasteiger partial charge is 0.494 e. The van der Waals surface area contributed by atoms with Crippen LogP contribution in [0.25, 0.3) is 0 Å². The molecule has 0 fully saturated rings. The first-order valence-corrected chi connectivity index (χ1v) is 5.71. The highest BCUT2D eigenvalue weighted by molar-refractivity contribution is 5.92. The minimum Gasteiger partial charge on any atom is -0.494 e. The Morgan fingerprint density at radius 2 is 1.94 bits per heavy atom. The number of rotatable bonds is 5. The fourth-order valence-electron chi connectivity index (χ4n) is 1.25. The van der Waals surface area contributed by atoms with E-state index in [1.54, 1.807) is 0 Å². The standard InChI is InChI=1S/C13H19NO2/c1-4-10(3)13(15)14-11-6-8-12(9-7-11)16-5-2/h6-10H,4-5H2,1-3H3,(H,14,15)/t10-/m0/s1. The average Bonchev–Trinajstić information content (AvgIpc) is 2.31. The van der Waals surface area contributed by atoms with Gasteiger partial charge in [-0.1, -0.05) is 13.8 Å². The summed E-state index contributed by atoms with van der Waals surface area (Å²) >= 11 is 0. The van der Waals surface area contributed by atoms with E-state index >= 15 is 0 Å². The quantitative estimate of drug-likeness (QED) is 0.829. The van der Waals surface area contributed by atoms with E-state index in [2.05, 4.69) is 5.32 Å². The van der Waals surface area contributed by atoms with Gasteiger partial charge in [-0.05, 0) is 37.6 Å². The fraction of sp³-hybridized carbons (Fsp3) is 0.462. The van der Waals surface area contributed by atoms with Crippen LogP contribution in [0.5, 0.6) is 5.75 Å². The van der Waals surface area contributed by atoms with Crippen LogP contribution in [-0.2, 0) is 4.79 Å². The van der Waals surface area contributed by atoms with Crippen LogP contribution in [0.15, 0.2) is 24.3 Å². The summed E-state index contributed by atoms with van der Waals surface area (Å²) in [5.74, 6) is 0.933. The second-order valence-corrected chi connectivity index (χ2v) is 3.76. The van der Waals surface area contributed by atoms with Gasteiger partial charge in [-0.25, -0.2) is 0 Å². The Morgan fingerprint density at radius 3 is 2.44 bits per heavy atom. The Balaban J connectivity index is 2.58. The van der Waals surface area contributed by atoms with Gasteiger partial charge in [0.15, 0.2) is 0 Å². The molecule has 0 heterocycles. The normalized spacial score (nSPS) is 11.9. The van der Waals surface area contributed by atoms with Gasteiger partial charge in [0.1, 0.15) is 5.75 Å². The van der Waals surface area contributed by atoms with Gasteiger partial charge in [0, 0.05) is 11.6 Å². The van der Waals surface area contributed by atoms with Crippen molar-refractivity contribution in [1.82, 2.24) is 0 Å². The summed E-state index contributed by atoms with van der Waals surface area (Å²) in [6.45, 7) is 6.52. The molecular formula is C13H19NO2. The van der Waals surface area contributed by atoms with E-state index < -0.39 is 0 Å². The van der Waals surface area contributed by atoms with Gasteiger partial charge in [0.2, 0.25) is 5.91 Å². The van der Waals surface area contributed by atoms with Gasteiger partial charge in [-0.3, -0.25) is 4.79 Å². The van der Waals surface area contributed by atoms with Gasteiger partial charge in [-0.15, -0.1) is 0 Å². The molecule has 0 saturated carbocycles. The average molecular weight is 221 g/mol. The molecule has 0 aliphatic rings. The van der Waals surface area contributed by atoms with E-state index in [-0.39, 0.29) is 11.8 Å². The van der Waals surface area contributed by atoms with Crippen molar-refractivity contribution in [2.75, 3.05) is 11.9 Å². The lowest BCUT2D eigenvalue weighted by Crippen LogP contribution is -2.19. The highest BCUT2D eigenvalue weighted by atomic mass is 16.5. The smallest absolute Gasteiger partial charge is 0.227 e. The predicted molar refractivity (Wildman–Crippen MR) is 65.7 cm³/mol. The monoisotopic (exact) mass is 221 g/mol. The number of carbonyl (C=O) groups excluding carboxylic acids is 1. The molecule has 0 saturated heterocycles. The number of benzene rings is 1. The highest BCUT2D eigenvalue weighted by Crippen LogP contribution is 2.16. The molecule has 0 aromatic heterocycles. The van der Waals surface area contributed by atoms with Crippen LogP contribution in [0, 0.1) is 5.92 Å². The third-order valence-corrected chi connectivity index (χ3v) is 2.49. The molecular weight excluding hydrogens is 202 g/mol. The first-order chi connectivity index (χ1) is 7.67. The molecule has 88 valence electrons. The lowest BCUT2D eigenvalue weighted by Gasteiger charge is -2.10. The molecule has 1 N–H and O–H groups in total. The zero-order chi connectivity index (χ0) is 12.0. The van der Waals surface area contributed by atoms with Gasteiger partial charge in [-0.2, -0.15) is 0 Å². The third kappa shape index (κ3) is 3.57. The number of amides is 1. The zero-order valence-electron chi connectivity index (χ0n) is 10.1. The van der Waals surface area contributed by atoms with E-state index in [0.29, 0.717) is 6.61 Å². The SMILES string of the molecule is CCOc1ccc(NC(=O)[C@@H](C)CC)cc1. The molecule has 1 aromatic rings. The molecule has 0 aliphatic heterocycles. The maximum absolute atomic E-state index is 11.6. The van der Waals surface area contributed by atoms with Crippen LogP contribution < -0.4 is 10.1 Å². The molecule has 3 nitrogen and oxygen atoms in total. The molecule has 1 aromatic carbocycles. The predicted octanol–water partition coefficient (Wildman–Crippen LogP) is 3.07. The molecule has 0 spiro atoms. The summed E-state index contributed by atoms with van der Waals surface area (Å²) in [6.07, 6.45) is 0.850. The van der Waals surface area contributed by atoms with Gasteiger partial charge < -0.3 is 10.1 Å². The second-order valence-electron chi connectivity index (χ2n) is 3.76. The van der Waals surface area contributed by atoms with Crippen molar-refractivity contribution in [1.29, 1.82) is 0 Å². The highest BCUT2D eigenvalue weighted by Gasteiger charge is 2.09. The third-order valence-electron chi connectivity index (χ3n) is 2.49. The van der Waals surface area contributed by atoms with Crippen molar-refractivity contribution in [3.8, 4) is 5.75 Å². The molecule has 0 bridgehead atoms. The maximum atomic E-state index is 11.6. The summed E-state index contributed by atoms with van der Waals surface area (Å²) in [5, 5.41) is 2.87. The van der Waals surface area contributed by atoms with Crippen molar-refractivity contribution < 1.29 is 9.53 Å². The molecule has 0 aliphatic carbocycles. The van der Waals surface area contributed by atoms with Gasteiger partial charge >= 0.3 is 0 Å². The van der Waals surface area contributed by atoms with Gasteiger partial charge in [0.25, 0.3) is 0 Å². The summed E-state index contributed by atoms with van der Waals surface area (Å²) in [7, 11) is 0. The van der Waals surface area contributed by atoms with Crippen molar-refractivity contribution in [3.63, 3.8) is 0 Å². The zero-order valence-corrected chi connectivity index (χ0v) is 10.1. The van der Waals surface area contributed by atoms with Crippen LogP contribution in [0.1, 0.15) is 27.2 Å². The topological polar surface area (TPSA) is 38.3 Å². The Hall–Kier alpha value is -1.51. The van der Waals surface area contributed by atoms with E-state index in [1.807, 2.05) is 45.0 Å². The first kappa shape index (κ1) is 12.6. The van der Waals surface area contributed by atoms with Crippen LogP contribution in [0.4, 0.5) is 5.69 Å². The number of hydrogen-bond donors (Lipinski definition) is 1. The molecule has 1 rings (SSSR count). The number of carbonyl (C=O) groups is 1. The summed E-state index contributed by atoms with van der Waals surface area (Å²) in [4.78, 5) is 11.6. The van der Waals surface area contributed by atoms with Gasteiger partial charge in [0.05, 0.1) is 6.61 Å². The van der Waals surface area contributed by atoms with E-state index in [4.69, 9.17) is 4.74 Å². The van der Waals surface area contributed by atoms with E-state index in [0.717, 1.165) is 17.9 Å². The summed E-state index contributed by atoms with van der Waals surface area (Å²) in [5.41, 5.74) is 0.814. The van der Waals surface area contributed by atoms with E-state index in [9.17, 15) is 4.79 Å². The number of anilines is 1. The minimum absolute atomic E-state index is 0.0477. The van der Waals surface area contributed by atoms with E-state index in [1.165, 1.54) is 0 Å². The number of hydrogen-bond acceptors (Lipinski definition) is 2. The Bertz CT molecular complexity index is 332. The van der Waals surface area contributed by atoms with Crippen molar-refractivity contribution >= 4 is 11.6 Å². The molecule has 0 unspecified atom stereocenters. The fourth-order valence-corrected chi connectivity index (χ4v) is 1.25. The lowest BCUT2D eigenvalue weighted by molar-refractivity contribution is -0.119. The Labute approximate surface area is 96.8 Å². The van der Waals surface area contributed by atoms with Crippen molar-refractivity contribution in [3.05, 3.63) is 24.3 Å². The summed E-state index contributed by atoms with van der Waals surface area (Å²) < 4.78 is 5.32. The van der Waals surface area contributed by atoms with Crippen molar-refractivity contribution in [2.45, 2.75) is 27.2 Å². The Kier molecular flexibility index (Phi) is 4.83. The second kappa shape index (κ2) is 6.16. The molecule has 1 amide bonds. The van der Waals surface area contributed by atoms with Crippen LogP contribution in [0.2, 0.25) is 0 Å². The minimum atomic E-state index is 0.0477. The summed E-state index contributed by atoms with van der Waals surface area (Å²) in [6, 6.07) is 7.42.